The van der Waals surface area contributed by atoms with E-state index in [1.54, 1.807) is 0 Å². The fraction of sp³-hybridized carbons (Fsp3) is 0.615. The van der Waals surface area contributed by atoms with E-state index in [4.69, 9.17) is 0 Å². The van der Waals surface area contributed by atoms with Crippen LogP contribution in [0, 0.1) is 0 Å². The predicted molar refractivity (Wildman–Crippen MR) is 76.3 cm³/mol. The van der Waals surface area contributed by atoms with Crippen molar-refractivity contribution < 1.29 is 4.21 Å². The Bertz CT molecular complexity index is 401. The lowest BCUT2D eigenvalue weighted by Crippen LogP contribution is -2.39. The van der Waals surface area contributed by atoms with Crippen molar-refractivity contribution >= 4 is 16.6 Å². The van der Waals surface area contributed by atoms with Gasteiger partial charge in [0.05, 0.1) is 0 Å². The molecular weight excluding hydrogens is 246 g/mol. The molecule has 1 fully saturated rings. The second-order valence-corrected chi connectivity index (χ2v) is 6.19. The third kappa shape index (κ3) is 3.53. The number of pyridine rings is 1. The second kappa shape index (κ2) is 6.85. The Labute approximate surface area is 111 Å². The summed E-state index contributed by atoms with van der Waals surface area (Å²) >= 11 is 0. The van der Waals surface area contributed by atoms with E-state index in [0.29, 0.717) is 0 Å². The topological polar surface area (TPSA) is 45.2 Å². The van der Waals surface area contributed by atoms with Gasteiger partial charge in [-0.25, -0.2) is 4.98 Å². The van der Waals surface area contributed by atoms with Gasteiger partial charge in [-0.1, -0.05) is 13.0 Å². The molecule has 0 aliphatic carbocycles. The van der Waals surface area contributed by atoms with Gasteiger partial charge in [-0.3, -0.25) is 4.21 Å². The highest BCUT2D eigenvalue weighted by atomic mass is 32.2. The third-order valence-corrected chi connectivity index (χ3v) is 4.36. The number of anilines is 1. The fourth-order valence-electron chi connectivity index (χ4n) is 2.10. The molecule has 0 saturated carbocycles. The highest BCUT2D eigenvalue weighted by Gasteiger charge is 2.18. The monoisotopic (exact) mass is 267 g/mol. The minimum Gasteiger partial charge on any atom is -0.355 e. The largest absolute Gasteiger partial charge is 0.355 e. The summed E-state index contributed by atoms with van der Waals surface area (Å²) in [6, 6.07) is 4.10. The Balaban J connectivity index is 2.04. The number of hydrogen-bond acceptors (Lipinski definition) is 4. The Hall–Kier alpha value is -0.940. The molecule has 0 atom stereocenters. The first-order valence-corrected chi connectivity index (χ1v) is 8.04. The Morgan fingerprint density at radius 1 is 1.44 bits per heavy atom. The second-order valence-electron chi connectivity index (χ2n) is 4.50. The summed E-state index contributed by atoms with van der Waals surface area (Å²) in [5.74, 6) is 2.58. The van der Waals surface area contributed by atoms with E-state index in [0.717, 1.165) is 49.9 Å². The highest BCUT2D eigenvalue weighted by Crippen LogP contribution is 2.18. The SMILES string of the molecule is CCCNCc1cccnc1N1CCS(=O)CC1. The van der Waals surface area contributed by atoms with Crippen molar-refractivity contribution in [3.63, 3.8) is 0 Å². The molecule has 100 valence electrons. The predicted octanol–water partition coefficient (Wildman–Crippen LogP) is 1.15. The maximum atomic E-state index is 11.4. The van der Waals surface area contributed by atoms with Gasteiger partial charge in [0.1, 0.15) is 5.82 Å². The zero-order chi connectivity index (χ0) is 12.8. The smallest absolute Gasteiger partial charge is 0.133 e. The van der Waals surface area contributed by atoms with Gasteiger partial charge in [0, 0.05) is 53.7 Å². The fourth-order valence-corrected chi connectivity index (χ4v) is 3.15. The van der Waals surface area contributed by atoms with Crippen molar-refractivity contribution in [1.82, 2.24) is 10.3 Å². The van der Waals surface area contributed by atoms with Crippen molar-refractivity contribution in [2.45, 2.75) is 19.9 Å². The van der Waals surface area contributed by atoms with E-state index in [-0.39, 0.29) is 0 Å². The maximum absolute atomic E-state index is 11.4. The molecule has 18 heavy (non-hydrogen) atoms. The van der Waals surface area contributed by atoms with Crippen LogP contribution in [0.3, 0.4) is 0 Å². The minimum atomic E-state index is -0.633. The number of rotatable bonds is 5. The van der Waals surface area contributed by atoms with Crippen LogP contribution in [0.4, 0.5) is 5.82 Å². The molecule has 1 aliphatic heterocycles. The lowest BCUT2D eigenvalue weighted by molar-refractivity contribution is 0.663. The summed E-state index contributed by atoms with van der Waals surface area (Å²) in [6.07, 6.45) is 2.97. The quantitative estimate of drug-likeness (QED) is 0.813. The van der Waals surface area contributed by atoms with E-state index in [1.807, 2.05) is 12.3 Å². The number of aromatic nitrogens is 1. The van der Waals surface area contributed by atoms with Crippen LogP contribution in [0.2, 0.25) is 0 Å². The molecule has 4 nitrogen and oxygen atoms in total. The summed E-state index contributed by atoms with van der Waals surface area (Å²) in [4.78, 5) is 6.75. The molecule has 0 amide bonds. The maximum Gasteiger partial charge on any atom is 0.133 e. The third-order valence-electron chi connectivity index (χ3n) is 3.09. The van der Waals surface area contributed by atoms with Gasteiger partial charge in [0.25, 0.3) is 0 Å². The Morgan fingerprint density at radius 3 is 2.94 bits per heavy atom. The van der Waals surface area contributed by atoms with Crippen LogP contribution in [-0.4, -0.2) is 40.3 Å². The molecule has 1 aliphatic rings. The summed E-state index contributed by atoms with van der Waals surface area (Å²) < 4.78 is 11.4. The average molecular weight is 267 g/mol. The summed E-state index contributed by atoms with van der Waals surface area (Å²) in [5, 5.41) is 3.41. The van der Waals surface area contributed by atoms with Crippen molar-refractivity contribution in [2.75, 3.05) is 36.0 Å². The summed E-state index contributed by atoms with van der Waals surface area (Å²) in [6.45, 7) is 5.75. The van der Waals surface area contributed by atoms with Gasteiger partial charge in [-0.15, -0.1) is 0 Å². The number of hydrogen-bond donors (Lipinski definition) is 1. The summed E-state index contributed by atoms with van der Waals surface area (Å²) in [5.41, 5.74) is 1.23. The molecule has 1 saturated heterocycles. The first kappa shape index (κ1) is 13.5. The Kier molecular flexibility index (Phi) is 5.13. The van der Waals surface area contributed by atoms with Crippen molar-refractivity contribution in [3.8, 4) is 0 Å². The van der Waals surface area contributed by atoms with E-state index in [1.165, 1.54) is 5.56 Å². The van der Waals surface area contributed by atoms with Gasteiger partial charge < -0.3 is 10.2 Å². The number of nitrogens with one attached hydrogen (secondary N) is 1. The van der Waals surface area contributed by atoms with Crippen molar-refractivity contribution in [2.24, 2.45) is 0 Å². The molecule has 0 radical (unpaired) electrons. The lowest BCUT2D eigenvalue weighted by atomic mass is 10.2. The van der Waals surface area contributed by atoms with Gasteiger partial charge in [-0.2, -0.15) is 0 Å². The molecule has 5 heteroatoms. The molecule has 0 unspecified atom stereocenters. The molecule has 0 spiro atoms. The van der Waals surface area contributed by atoms with E-state index < -0.39 is 10.8 Å². The Morgan fingerprint density at radius 2 is 2.22 bits per heavy atom. The molecule has 1 N–H and O–H groups in total. The molecule has 2 rings (SSSR count). The van der Waals surface area contributed by atoms with Crippen LogP contribution in [0.15, 0.2) is 18.3 Å². The first-order chi connectivity index (χ1) is 8.81. The molecular formula is C13H21N3OS. The summed E-state index contributed by atoms with van der Waals surface area (Å²) in [7, 11) is -0.633. The van der Waals surface area contributed by atoms with Crippen LogP contribution in [-0.2, 0) is 17.3 Å². The van der Waals surface area contributed by atoms with E-state index in [2.05, 4.69) is 28.2 Å². The van der Waals surface area contributed by atoms with Crippen LogP contribution in [0.5, 0.6) is 0 Å². The highest BCUT2D eigenvalue weighted by molar-refractivity contribution is 7.85. The van der Waals surface area contributed by atoms with Crippen LogP contribution in [0.25, 0.3) is 0 Å². The molecule has 2 heterocycles. The lowest BCUT2D eigenvalue weighted by Gasteiger charge is -2.29. The first-order valence-electron chi connectivity index (χ1n) is 6.55. The minimum absolute atomic E-state index is 0.633. The number of nitrogens with zero attached hydrogens (tertiary/aromatic N) is 2. The normalized spacial score (nSPS) is 17.1. The van der Waals surface area contributed by atoms with Gasteiger partial charge in [-0.05, 0) is 19.0 Å². The van der Waals surface area contributed by atoms with Crippen LogP contribution in [0.1, 0.15) is 18.9 Å². The van der Waals surface area contributed by atoms with E-state index in [9.17, 15) is 4.21 Å². The van der Waals surface area contributed by atoms with Gasteiger partial charge in [0.2, 0.25) is 0 Å². The molecule has 0 aromatic carbocycles. The van der Waals surface area contributed by atoms with E-state index >= 15 is 0 Å². The van der Waals surface area contributed by atoms with Crippen molar-refractivity contribution in [3.05, 3.63) is 23.9 Å². The van der Waals surface area contributed by atoms with Crippen molar-refractivity contribution in [1.29, 1.82) is 0 Å². The molecule has 1 aromatic rings. The zero-order valence-corrected chi connectivity index (χ0v) is 11.7. The van der Waals surface area contributed by atoms with Crippen LogP contribution < -0.4 is 10.2 Å². The van der Waals surface area contributed by atoms with Gasteiger partial charge in [0.15, 0.2) is 0 Å². The zero-order valence-electron chi connectivity index (χ0n) is 10.9. The average Bonchev–Trinajstić information content (AvgIpc) is 2.41. The standard InChI is InChI=1S/C13H21N3OS/c1-2-5-14-11-12-4-3-6-15-13(12)16-7-9-18(17)10-8-16/h3-4,6,14H,2,5,7-11H2,1H3. The molecule has 0 bridgehead atoms. The molecule has 1 aromatic heterocycles. The van der Waals surface area contributed by atoms with Crippen LogP contribution >= 0.6 is 0 Å². The van der Waals surface area contributed by atoms with Gasteiger partial charge >= 0.3 is 0 Å².